The summed E-state index contributed by atoms with van der Waals surface area (Å²) in [5, 5.41) is 0. The Morgan fingerprint density at radius 3 is 2.45 bits per heavy atom. The van der Waals surface area contributed by atoms with Crippen LogP contribution in [0.4, 0.5) is 0 Å². The topological polar surface area (TPSA) is 117 Å². The van der Waals surface area contributed by atoms with Crippen molar-refractivity contribution in [2.45, 2.75) is 64.8 Å². The minimum absolute atomic E-state index is 0.147. The number of benzene rings is 1. The van der Waals surface area contributed by atoms with Crippen LogP contribution in [0.1, 0.15) is 44.5 Å². The Bertz CT molecular complexity index is 1080. The number of carbonyl (C=O) groups is 2. The lowest BCUT2D eigenvalue weighted by molar-refractivity contribution is -0.162. The van der Waals surface area contributed by atoms with Gasteiger partial charge >= 0.3 is 11.7 Å². The Morgan fingerprint density at radius 2 is 1.87 bits per heavy atom. The minimum atomic E-state index is -1.44. The standard InChI is InChI=1S/C22H26N2O7/c1-5-22(14(3)25)18(29-12-16-9-7-6-8-10-16)17(30-15(4)26)20(31-22)24-11-13(2)19(27)23-21(24)28/h6-11,17-18,20H,5,12H2,1-4H3,(H,23,27,28)/t17-,18?,20+,22-/m0/s1. The van der Waals surface area contributed by atoms with Crippen molar-refractivity contribution in [3.63, 3.8) is 0 Å². The third-order valence-electron chi connectivity index (χ3n) is 5.49. The minimum Gasteiger partial charge on any atom is -0.455 e. The van der Waals surface area contributed by atoms with Crippen molar-refractivity contribution in [2.24, 2.45) is 0 Å². The number of hydrogen-bond acceptors (Lipinski definition) is 7. The molecule has 2 heterocycles. The van der Waals surface area contributed by atoms with Gasteiger partial charge in [-0.25, -0.2) is 4.79 Å². The summed E-state index contributed by atoms with van der Waals surface area (Å²) in [4.78, 5) is 51.2. The zero-order chi connectivity index (χ0) is 22.8. The second kappa shape index (κ2) is 8.99. The van der Waals surface area contributed by atoms with E-state index in [1.165, 1.54) is 27.0 Å². The number of ether oxygens (including phenoxy) is 3. The maximum Gasteiger partial charge on any atom is 0.330 e. The Kier molecular flexibility index (Phi) is 6.56. The van der Waals surface area contributed by atoms with E-state index in [1.54, 1.807) is 6.92 Å². The van der Waals surface area contributed by atoms with E-state index in [9.17, 15) is 19.2 Å². The third-order valence-corrected chi connectivity index (χ3v) is 5.49. The van der Waals surface area contributed by atoms with Gasteiger partial charge in [-0.15, -0.1) is 0 Å². The van der Waals surface area contributed by atoms with Gasteiger partial charge in [0.1, 0.15) is 6.10 Å². The van der Waals surface area contributed by atoms with Crippen LogP contribution in [0, 0.1) is 6.92 Å². The summed E-state index contributed by atoms with van der Waals surface area (Å²) in [6.07, 6.45) is -1.66. The number of rotatable bonds is 7. The van der Waals surface area contributed by atoms with E-state index < -0.39 is 41.3 Å². The zero-order valence-corrected chi connectivity index (χ0v) is 17.9. The van der Waals surface area contributed by atoms with Crippen molar-refractivity contribution in [1.29, 1.82) is 0 Å². The molecule has 0 spiro atoms. The molecule has 9 nitrogen and oxygen atoms in total. The van der Waals surface area contributed by atoms with Gasteiger partial charge in [-0.1, -0.05) is 37.3 Å². The van der Waals surface area contributed by atoms with Gasteiger partial charge in [0.15, 0.2) is 23.7 Å². The summed E-state index contributed by atoms with van der Waals surface area (Å²) >= 11 is 0. The molecule has 0 aliphatic carbocycles. The predicted molar refractivity (Wildman–Crippen MR) is 110 cm³/mol. The van der Waals surface area contributed by atoms with Crippen LogP contribution in [-0.4, -0.2) is 39.1 Å². The zero-order valence-electron chi connectivity index (χ0n) is 17.9. The number of nitrogens with one attached hydrogen (secondary N) is 1. The molecule has 4 atom stereocenters. The van der Waals surface area contributed by atoms with Gasteiger partial charge < -0.3 is 14.2 Å². The lowest BCUT2D eigenvalue weighted by atomic mass is 9.88. The third kappa shape index (κ3) is 4.38. The number of nitrogens with zero attached hydrogens (tertiary/aromatic N) is 1. The number of ketones is 1. The Labute approximate surface area is 178 Å². The number of Topliss-reactive ketones (excluding diaryl/α,β-unsaturated/α-hetero) is 1. The summed E-state index contributed by atoms with van der Waals surface area (Å²) in [5.74, 6) is -0.932. The quantitative estimate of drug-likeness (QED) is 0.664. The Balaban J connectivity index is 2.08. The van der Waals surface area contributed by atoms with Gasteiger partial charge in [-0.2, -0.15) is 0 Å². The number of hydrogen-bond donors (Lipinski definition) is 1. The summed E-state index contributed by atoms with van der Waals surface area (Å²) in [6, 6.07) is 9.32. The van der Waals surface area contributed by atoms with E-state index in [4.69, 9.17) is 14.2 Å². The van der Waals surface area contributed by atoms with E-state index in [1.807, 2.05) is 30.3 Å². The molecule has 3 rings (SSSR count). The number of H-pyrrole nitrogens is 1. The first-order valence-corrected chi connectivity index (χ1v) is 10.0. The van der Waals surface area contributed by atoms with Gasteiger partial charge in [0.2, 0.25) is 0 Å². The van der Waals surface area contributed by atoms with Crippen LogP contribution in [0.5, 0.6) is 0 Å². The van der Waals surface area contributed by atoms with E-state index in [2.05, 4.69) is 4.98 Å². The fourth-order valence-electron chi connectivity index (χ4n) is 3.87. The highest BCUT2D eigenvalue weighted by Gasteiger charge is 2.60. The molecule has 0 radical (unpaired) electrons. The molecule has 31 heavy (non-hydrogen) atoms. The average molecular weight is 430 g/mol. The molecular weight excluding hydrogens is 404 g/mol. The van der Waals surface area contributed by atoms with Crippen molar-refractivity contribution in [1.82, 2.24) is 9.55 Å². The Hall–Kier alpha value is -3.04. The maximum absolute atomic E-state index is 12.7. The highest BCUT2D eigenvalue weighted by Crippen LogP contribution is 2.43. The second-order valence-corrected chi connectivity index (χ2v) is 7.58. The normalized spacial score (nSPS) is 25.4. The van der Waals surface area contributed by atoms with Crippen LogP contribution >= 0.6 is 0 Å². The van der Waals surface area contributed by atoms with Gasteiger partial charge in [0, 0.05) is 18.7 Å². The van der Waals surface area contributed by atoms with Crippen LogP contribution in [-0.2, 0) is 30.4 Å². The van der Waals surface area contributed by atoms with Gasteiger partial charge in [-0.3, -0.25) is 23.9 Å². The molecule has 1 fully saturated rings. The summed E-state index contributed by atoms with van der Waals surface area (Å²) in [7, 11) is 0. The molecule has 0 amide bonds. The molecule has 0 bridgehead atoms. The van der Waals surface area contributed by atoms with Crippen molar-refractivity contribution in [2.75, 3.05) is 0 Å². The molecule has 1 aromatic carbocycles. The van der Waals surface area contributed by atoms with Gasteiger partial charge in [0.25, 0.3) is 5.56 Å². The molecule has 2 aromatic rings. The first kappa shape index (κ1) is 22.6. The molecule has 166 valence electrons. The molecule has 1 aliphatic rings. The van der Waals surface area contributed by atoms with Crippen LogP contribution in [0.25, 0.3) is 0 Å². The summed E-state index contributed by atoms with van der Waals surface area (Å²) < 4.78 is 18.9. The maximum atomic E-state index is 12.7. The molecule has 1 N–H and O–H groups in total. The first-order chi connectivity index (χ1) is 14.7. The summed E-state index contributed by atoms with van der Waals surface area (Å²) in [6.45, 7) is 6.04. The largest absolute Gasteiger partial charge is 0.455 e. The smallest absolute Gasteiger partial charge is 0.330 e. The van der Waals surface area contributed by atoms with E-state index in [-0.39, 0.29) is 24.4 Å². The average Bonchev–Trinajstić information content (AvgIpc) is 3.03. The van der Waals surface area contributed by atoms with Gasteiger partial charge in [0.05, 0.1) is 6.61 Å². The predicted octanol–water partition coefficient (Wildman–Crippen LogP) is 1.63. The van der Waals surface area contributed by atoms with Crippen LogP contribution in [0.15, 0.2) is 46.1 Å². The van der Waals surface area contributed by atoms with E-state index >= 15 is 0 Å². The molecule has 1 aromatic heterocycles. The van der Waals surface area contributed by atoms with Crippen molar-refractivity contribution in [3.8, 4) is 0 Å². The molecule has 1 saturated heterocycles. The van der Waals surface area contributed by atoms with Crippen LogP contribution in [0.2, 0.25) is 0 Å². The Morgan fingerprint density at radius 1 is 1.19 bits per heavy atom. The summed E-state index contributed by atoms with van der Waals surface area (Å²) in [5.41, 5.74) is -1.59. The molecule has 0 saturated carbocycles. The van der Waals surface area contributed by atoms with Crippen LogP contribution in [0.3, 0.4) is 0 Å². The van der Waals surface area contributed by atoms with Crippen LogP contribution < -0.4 is 11.2 Å². The lowest BCUT2D eigenvalue weighted by Crippen LogP contribution is -2.50. The number of esters is 1. The van der Waals surface area contributed by atoms with E-state index in [0.717, 1.165) is 10.1 Å². The fraction of sp³-hybridized carbons (Fsp3) is 0.455. The molecular formula is C22H26N2O7. The van der Waals surface area contributed by atoms with Gasteiger partial charge in [-0.05, 0) is 25.8 Å². The molecule has 1 unspecified atom stereocenters. The first-order valence-electron chi connectivity index (χ1n) is 10.0. The second-order valence-electron chi connectivity index (χ2n) is 7.58. The number of aromatic nitrogens is 2. The fourth-order valence-corrected chi connectivity index (χ4v) is 3.87. The number of carbonyl (C=O) groups excluding carboxylic acids is 2. The van der Waals surface area contributed by atoms with E-state index in [0.29, 0.717) is 0 Å². The SMILES string of the molecule is CC[C@@]1(C(C)=O)O[C@@H](n2cc(C)c(=O)[nH]c2=O)[C@@H](OC(C)=O)C1OCc1ccccc1. The highest BCUT2D eigenvalue weighted by molar-refractivity contribution is 5.86. The van der Waals surface area contributed by atoms with Crippen molar-refractivity contribution >= 4 is 11.8 Å². The lowest BCUT2D eigenvalue weighted by Gasteiger charge is -2.31. The van der Waals surface area contributed by atoms with Crippen molar-refractivity contribution < 1.29 is 23.8 Å². The number of aromatic amines is 1. The monoisotopic (exact) mass is 430 g/mol. The highest BCUT2D eigenvalue weighted by atomic mass is 16.6. The number of aryl methyl sites for hydroxylation is 1. The van der Waals surface area contributed by atoms with Crippen molar-refractivity contribution in [3.05, 3.63) is 68.5 Å². The molecule has 9 heteroatoms. The molecule has 1 aliphatic heterocycles.